The third-order valence-corrected chi connectivity index (χ3v) is 8.49. The van der Waals surface area contributed by atoms with Crippen LogP contribution in [0.5, 0.6) is 0 Å². The van der Waals surface area contributed by atoms with Crippen molar-refractivity contribution in [2.24, 2.45) is 0 Å². The minimum atomic E-state index is -0.826. The van der Waals surface area contributed by atoms with Crippen LogP contribution in [0.4, 0.5) is 0 Å². The first-order valence-electron chi connectivity index (χ1n) is 14.8. The van der Waals surface area contributed by atoms with E-state index in [4.69, 9.17) is 17.0 Å². The van der Waals surface area contributed by atoms with Crippen LogP contribution >= 0.6 is 17.0 Å². The molecule has 0 N–H and O–H groups in total. The van der Waals surface area contributed by atoms with Gasteiger partial charge in [0.05, 0.1) is 0 Å². The van der Waals surface area contributed by atoms with Gasteiger partial charge in [0, 0.05) is 6.42 Å². The Balaban J connectivity index is 0.00000129. The van der Waals surface area contributed by atoms with Crippen molar-refractivity contribution in [2.45, 2.75) is 93.9 Å². The molecule has 0 bridgehead atoms. The molecule has 0 unspecified atom stereocenters. The van der Waals surface area contributed by atoms with E-state index in [9.17, 15) is 0 Å². The van der Waals surface area contributed by atoms with Gasteiger partial charge in [-0.3, -0.25) is 0 Å². The summed E-state index contributed by atoms with van der Waals surface area (Å²) < 4.78 is 0. The molecule has 0 heterocycles. The molecule has 42 heavy (non-hydrogen) atoms. The summed E-state index contributed by atoms with van der Waals surface area (Å²) in [5, 5.41) is 0. The van der Waals surface area contributed by atoms with Crippen molar-refractivity contribution in [3.05, 3.63) is 111 Å². The fourth-order valence-electron chi connectivity index (χ4n) is 6.97. The van der Waals surface area contributed by atoms with E-state index in [0.29, 0.717) is 0 Å². The Hall–Kier alpha value is -1.66. The maximum atomic E-state index is 4.93. The summed E-state index contributed by atoms with van der Waals surface area (Å²) >= 11 is -0.826. The second-order valence-corrected chi connectivity index (χ2v) is 18.0. The first-order chi connectivity index (χ1) is 19.5. The zero-order valence-electron chi connectivity index (χ0n) is 27.5. The molecule has 4 aromatic carbocycles. The Labute approximate surface area is 273 Å². The van der Waals surface area contributed by atoms with Crippen molar-refractivity contribution in [3.8, 4) is 33.4 Å². The van der Waals surface area contributed by atoms with Gasteiger partial charge in [-0.25, -0.2) is 0 Å². The van der Waals surface area contributed by atoms with Crippen molar-refractivity contribution in [3.63, 3.8) is 0 Å². The number of fused-ring (bicyclic) bond motifs is 3. The van der Waals surface area contributed by atoms with Crippen LogP contribution in [-0.2, 0) is 31.7 Å². The number of halogens is 2. The average Bonchev–Trinajstić information content (AvgIpc) is 3.17. The molecule has 5 rings (SSSR count). The molecule has 0 atom stereocenters. The zero-order chi connectivity index (χ0) is 31.3. The van der Waals surface area contributed by atoms with E-state index in [2.05, 4.69) is 138 Å². The summed E-state index contributed by atoms with van der Waals surface area (Å²) in [7, 11) is 9.87. The number of rotatable bonds is 2. The molecule has 0 amide bonds. The van der Waals surface area contributed by atoms with Crippen LogP contribution in [-0.4, -0.2) is 0 Å². The molecule has 219 valence electrons. The Morgan fingerprint density at radius 2 is 0.738 bits per heavy atom. The van der Waals surface area contributed by atoms with Crippen molar-refractivity contribution in [2.75, 3.05) is 0 Å². The van der Waals surface area contributed by atoms with E-state index in [1.165, 1.54) is 89.0 Å². The van der Waals surface area contributed by atoms with Gasteiger partial charge in [-0.05, 0) is 155 Å². The fourth-order valence-corrected chi connectivity index (χ4v) is 6.97. The molecule has 0 aliphatic heterocycles. The summed E-state index contributed by atoms with van der Waals surface area (Å²) in [5.74, 6) is 0. The van der Waals surface area contributed by atoms with Gasteiger partial charge in [0.1, 0.15) is 0 Å². The van der Waals surface area contributed by atoms with E-state index in [-0.39, 0.29) is 10.8 Å². The molecule has 0 nitrogen and oxygen atoms in total. The van der Waals surface area contributed by atoms with Gasteiger partial charge < -0.3 is 0 Å². The summed E-state index contributed by atoms with van der Waals surface area (Å²) in [6, 6.07) is 19.3. The molecule has 3 heteroatoms. The van der Waals surface area contributed by atoms with E-state index in [1.54, 1.807) is 0 Å². The van der Waals surface area contributed by atoms with Crippen LogP contribution in [0.1, 0.15) is 97.2 Å². The first kappa shape index (κ1) is 33.2. The van der Waals surface area contributed by atoms with Crippen LogP contribution < -0.4 is 0 Å². The topological polar surface area (TPSA) is 0 Å². The maximum absolute atomic E-state index is 4.93. The first-order valence-corrected chi connectivity index (χ1v) is 21.2. The minimum absolute atomic E-state index is 0.0276. The second-order valence-electron chi connectivity index (χ2n) is 14.2. The van der Waals surface area contributed by atoms with Crippen molar-refractivity contribution in [1.82, 2.24) is 0 Å². The Kier molecular flexibility index (Phi) is 9.80. The number of benzene rings is 4. The average molecular weight is 676 g/mol. The van der Waals surface area contributed by atoms with Crippen LogP contribution in [0.15, 0.2) is 48.5 Å². The van der Waals surface area contributed by atoms with Crippen molar-refractivity contribution < 1.29 is 20.8 Å². The molecule has 0 spiro atoms. The molecule has 4 aromatic rings. The van der Waals surface area contributed by atoms with Crippen LogP contribution in [0.25, 0.3) is 33.4 Å². The monoisotopic (exact) mass is 673 g/mol. The SMILES string of the molecule is Cc1cc(C)c(-c2cc3c(cc2C(C)(C)C)-c2cc(C(C)(C)C)c(-c4c(C)cc(C)cc4C)cc2[CH]3)c(C)c1.[Cl][Zr][Cl]. The summed E-state index contributed by atoms with van der Waals surface area (Å²) in [4.78, 5) is 0. The predicted molar refractivity (Wildman–Crippen MR) is 183 cm³/mol. The molecule has 0 aromatic heterocycles. The van der Waals surface area contributed by atoms with E-state index < -0.39 is 20.8 Å². The van der Waals surface area contributed by atoms with Gasteiger partial charge in [-0.2, -0.15) is 0 Å². The van der Waals surface area contributed by atoms with E-state index in [1.807, 2.05) is 0 Å². The second kappa shape index (κ2) is 12.4. The van der Waals surface area contributed by atoms with Crippen LogP contribution in [0.2, 0.25) is 0 Å². The van der Waals surface area contributed by atoms with Crippen molar-refractivity contribution >= 4 is 17.0 Å². The Bertz CT molecular complexity index is 1490. The third kappa shape index (κ3) is 6.55. The van der Waals surface area contributed by atoms with E-state index in [0.717, 1.165) is 0 Å². The molecular weight excluding hydrogens is 631 g/mol. The number of aryl methyl sites for hydroxylation is 6. The summed E-state index contributed by atoms with van der Waals surface area (Å²) in [6.45, 7) is 27.6. The molecule has 1 aliphatic carbocycles. The Morgan fingerprint density at radius 3 is 1.00 bits per heavy atom. The zero-order valence-corrected chi connectivity index (χ0v) is 31.4. The third-order valence-electron chi connectivity index (χ3n) is 8.49. The number of hydrogen-bond donors (Lipinski definition) is 0. The van der Waals surface area contributed by atoms with Gasteiger partial charge in [-0.1, -0.05) is 76.9 Å². The molecule has 0 fully saturated rings. The standard InChI is InChI=1S/C39H45.2ClH.Zr/c1-22-13-24(3)36(25(4)14-22)32-18-28-17-29-19-33(37-26(5)15-23(2)16-27(37)6)35(39(10,11)12)21-31(29)30(28)20-34(32)38(7,8)9;;;/h13-21H,1-12H3;2*1H;/q;;;+2/p-2. The summed E-state index contributed by atoms with van der Waals surface area (Å²) in [6.07, 6.45) is 2.42. The molecule has 0 saturated heterocycles. The molecule has 1 aliphatic rings. The van der Waals surface area contributed by atoms with Gasteiger partial charge in [0.15, 0.2) is 0 Å². The van der Waals surface area contributed by atoms with Gasteiger partial charge >= 0.3 is 37.9 Å². The Morgan fingerprint density at radius 1 is 0.452 bits per heavy atom. The number of hydrogen-bond acceptors (Lipinski definition) is 0. The molecule has 1 radical (unpaired) electrons. The summed E-state index contributed by atoms with van der Waals surface area (Å²) in [5.41, 5.74) is 21.9. The van der Waals surface area contributed by atoms with Crippen molar-refractivity contribution in [1.29, 1.82) is 0 Å². The quantitative estimate of drug-likeness (QED) is 0.175. The normalized spacial score (nSPS) is 12.4. The predicted octanol–water partition coefficient (Wildman–Crippen LogP) is 12.4. The van der Waals surface area contributed by atoms with Gasteiger partial charge in [-0.15, -0.1) is 0 Å². The fraction of sp³-hybridized carbons (Fsp3) is 0.359. The molecule has 0 saturated carbocycles. The van der Waals surface area contributed by atoms with E-state index >= 15 is 0 Å². The van der Waals surface area contributed by atoms with Crippen LogP contribution in [0.3, 0.4) is 0 Å². The van der Waals surface area contributed by atoms with Gasteiger partial charge in [0.2, 0.25) is 0 Å². The van der Waals surface area contributed by atoms with Gasteiger partial charge in [0.25, 0.3) is 0 Å². The molecular formula is C39H45Cl2Zr. The van der Waals surface area contributed by atoms with Crippen LogP contribution in [0, 0.1) is 48.0 Å².